The van der Waals surface area contributed by atoms with Gasteiger partial charge >= 0.3 is 0 Å². The fourth-order valence-corrected chi connectivity index (χ4v) is 5.48. The molecule has 1 spiro atoms. The molecule has 1 unspecified atom stereocenters. The van der Waals surface area contributed by atoms with Crippen LogP contribution in [-0.2, 0) is 24.7 Å². The molecule has 2 aromatic rings. The molecule has 0 bridgehead atoms. The highest BCUT2D eigenvalue weighted by atomic mass is 16.2. The number of nitrogens with zero attached hydrogens (tertiary/aromatic N) is 4. The molecule has 1 aromatic heterocycles. The number of carbonyl (C=O) groups excluding carboxylic acids is 1. The van der Waals surface area contributed by atoms with E-state index in [0.717, 1.165) is 51.1 Å². The Hall–Kier alpha value is -2.14. The molecule has 2 aliphatic rings. The number of hydrogen-bond acceptors (Lipinski definition) is 3. The number of likely N-dealkylation sites (tertiary alicyclic amines) is 2. The van der Waals surface area contributed by atoms with Gasteiger partial charge < -0.3 is 9.80 Å². The van der Waals surface area contributed by atoms with Crippen molar-refractivity contribution in [2.45, 2.75) is 52.4 Å². The van der Waals surface area contributed by atoms with Gasteiger partial charge in [0.15, 0.2) is 0 Å². The van der Waals surface area contributed by atoms with Crippen LogP contribution in [0.1, 0.15) is 48.2 Å². The van der Waals surface area contributed by atoms with Crippen molar-refractivity contribution in [3.05, 3.63) is 52.8 Å². The number of rotatable bonds is 6. The number of aromatic nitrogens is 2. The van der Waals surface area contributed by atoms with Gasteiger partial charge in [0.05, 0.1) is 5.69 Å². The molecule has 0 radical (unpaired) electrons. The van der Waals surface area contributed by atoms with Crippen LogP contribution in [0, 0.1) is 19.3 Å². The Balaban J connectivity index is 1.29. The zero-order chi connectivity index (χ0) is 21.1. The third kappa shape index (κ3) is 4.61. The van der Waals surface area contributed by atoms with Crippen LogP contribution in [0.25, 0.3) is 0 Å². The third-order valence-electron chi connectivity index (χ3n) is 7.34. The monoisotopic (exact) mass is 408 g/mol. The van der Waals surface area contributed by atoms with E-state index in [9.17, 15) is 4.79 Å². The van der Waals surface area contributed by atoms with E-state index in [1.54, 1.807) is 0 Å². The second kappa shape index (κ2) is 8.93. The fourth-order valence-electron chi connectivity index (χ4n) is 5.48. The lowest BCUT2D eigenvalue weighted by molar-refractivity contribution is -0.130. The SMILES string of the molecule is Cc1nn(C)c(C)c1CCC(=O)N1CCC2(CCCN(CCc3ccccc3)C2)C1. The molecule has 2 saturated heterocycles. The van der Waals surface area contributed by atoms with Gasteiger partial charge in [0.25, 0.3) is 0 Å². The standard InChI is InChI=1S/C25H36N4O/c1-20-23(21(2)27(3)26-20)10-11-24(30)29-17-14-25(19-29)13-7-15-28(18-25)16-12-22-8-5-4-6-9-22/h4-6,8-9H,7,10-19H2,1-3H3. The molecule has 5 nitrogen and oxygen atoms in total. The van der Waals surface area contributed by atoms with Crippen LogP contribution in [0.2, 0.25) is 0 Å². The van der Waals surface area contributed by atoms with Gasteiger partial charge in [-0.05, 0) is 63.6 Å². The predicted molar refractivity (Wildman–Crippen MR) is 120 cm³/mol. The van der Waals surface area contributed by atoms with Crippen LogP contribution < -0.4 is 0 Å². The molecule has 2 fully saturated rings. The van der Waals surface area contributed by atoms with E-state index in [1.165, 1.54) is 36.2 Å². The molecule has 1 atom stereocenters. The van der Waals surface area contributed by atoms with E-state index in [0.29, 0.717) is 17.7 Å². The maximum absolute atomic E-state index is 13.0. The van der Waals surface area contributed by atoms with Crippen molar-refractivity contribution in [3.63, 3.8) is 0 Å². The molecule has 0 N–H and O–H groups in total. The first kappa shape index (κ1) is 21.1. The van der Waals surface area contributed by atoms with Crippen LogP contribution in [0.5, 0.6) is 0 Å². The molecule has 0 saturated carbocycles. The number of carbonyl (C=O) groups is 1. The summed E-state index contributed by atoms with van der Waals surface area (Å²) in [6.07, 6.45) is 6.19. The van der Waals surface area contributed by atoms with Gasteiger partial charge in [0.2, 0.25) is 5.91 Å². The molecule has 1 aromatic carbocycles. The third-order valence-corrected chi connectivity index (χ3v) is 7.34. The number of hydrogen-bond donors (Lipinski definition) is 0. The second-order valence-electron chi connectivity index (χ2n) is 9.45. The van der Waals surface area contributed by atoms with Gasteiger partial charge in [-0.2, -0.15) is 5.10 Å². The minimum absolute atomic E-state index is 0.310. The van der Waals surface area contributed by atoms with Gasteiger partial charge in [-0.3, -0.25) is 9.48 Å². The quantitative estimate of drug-likeness (QED) is 0.734. The first-order valence-electron chi connectivity index (χ1n) is 11.5. The highest BCUT2D eigenvalue weighted by Crippen LogP contribution is 2.39. The summed E-state index contributed by atoms with van der Waals surface area (Å²) in [6, 6.07) is 10.8. The van der Waals surface area contributed by atoms with Crippen LogP contribution in [0.3, 0.4) is 0 Å². The summed E-state index contributed by atoms with van der Waals surface area (Å²) in [6.45, 7) is 9.47. The van der Waals surface area contributed by atoms with E-state index >= 15 is 0 Å². The maximum Gasteiger partial charge on any atom is 0.222 e. The largest absolute Gasteiger partial charge is 0.342 e. The van der Waals surface area contributed by atoms with E-state index in [4.69, 9.17) is 0 Å². The molecule has 0 aliphatic carbocycles. The summed E-state index contributed by atoms with van der Waals surface area (Å²) in [4.78, 5) is 17.7. The van der Waals surface area contributed by atoms with E-state index < -0.39 is 0 Å². The van der Waals surface area contributed by atoms with Crippen LogP contribution >= 0.6 is 0 Å². The molecule has 5 heteroatoms. The van der Waals surface area contributed by atoms with E-state index in [1.807, 2.05) is 18.7 Å². The normalized spacial score (nSPS) is 22.2. The van der Waals surface area contributed by atoms with Gasteiger partial charge in [0.1, 0.15) is 0 Å². The van der Waals surface area contributed by atoms with E-state index in [2.05, 4.69) is 52.2 Å². The summed E-state index contributed by atoms with van der Waals surface area (Å²) in [5.74, 6) is 0.316. The lowest BCUT2D eigenvalue weighted by Crippen LogP contribution is -2.46. The lowest BCUT2D eigenvalue weighted by atomic mass is 9.79. The molecular weight excluding hydrogens is 372 g/mol. The first-order valence-corrected chi connectivity index (χ1v) is 11.5. The zero-order valence-corrected chi connectivity index (χ0v) is 18.9. The predicted octanol–water partition coefficient (Wildman–Crippen LogP) is 3.53. The molecule has 162 valence electrons. The number of amides is 1. The van der Waals surface area contributed by atoms with E-state index in [-0.39, 0.29) is 0 Å². The highest BCUT2D eigenvalue weighted by molar-refractivity contribution is 5.77. The van der Waals surface area contributed by atoms with Crippen molar-refractivity contribution in [3.8, 4) is 0 Å². The summed E-state index contributed by atoms with van der Waals surface area (Å²) in [5, 5.41) is 4.49. The van der Waals surface area contributed by atoms with Crippen molar-refractivity contribution in [2.24, 2.45) is 12.5 Å². The average Bonchev–Trinajstić information content (AvgIpc) is 3.26. The average molecular weight is 409 g/mol. The Morgan fingerprint density at radius 1 is 1.07 bits per heavy atom. The molecular formula is C25H36N4O. The van der Waals surface area contributed by atoms with Crippen LogP contribution in [0.15, 0.2) is 30.3 Å². The van der Waals surface area contributed by atoms with Gasteiger partial charge in [-0.25, -0.2) is 0 Å². The minimum atomic E-state index is 0.310. The number of piperidine rings is 1. The molecule has 1 amide bonds. The Morgan fingerprint density at radius 3 is 2.60 bits per heavy atom. The summed E-state index contributed by atoms with van der Waals surface area (Å²) < 4.78 is 1.92. The Morgan fingerprint density at radius 2 is 1.87 bits per heavy atom. The van der Waals surface area contributed by atoms with Crippen LogP contribution in [0.4, 0.5) is 0 Å². The summed E-state index contributed by atoms with van der Waals surface area (Å²) >= 11 is 0. The molecule has 30 heavy (non-hydrogen) atoms. The lowest BCUT2D eigenvalue weighted by Gasteiger charge is -2.40. The van der Waals surface area contributed by atoms with Crippen molar-refractivity contribution < 1.29 is 4.79 Å². The Labute approximate surface area is 181 Å². The van der Waals surface area contributed by atoms with Crippen LogP contribution in [-0.4, -0.2) is 58.2 Å². The van der Waals surface area contributed by atoms with Crippen molar-refractivity contribution in [1.82, 2.24) is 19.6 Å². The van der Waals surface area contributed by atoms with Gasteiger partial charge in [0, 0.05) is 50.8 Å². The van der Waals surface area contributed by atoms with Crippen molar-refractivity contribution in [1.29, 1.82) is 0 Å². The number of benzene rings is 1. The summed E-state index contributed by atoms with van der Waals surface area (Å²) in [5.41, 5.74) is 5.21. The molecule has 4 rings (SSSR count). The molecule has 3 heterocycles. The Kier molecular flexibility index (Phi) is 6.28. The van der Waals surface area contributed by atoms with Crippen molar-refractivity contribution >= 4 is 5.91 Å². The zero-order valence-electron chi connectivity index (χ0n) is 18.9. The highest BCUT2D eigenvalue weighted by Gasteiger charge is 2.42. The van der Waals surface area contributed by atoms with Crippen molar-refractivity contribution in [2.75, 3.05) is 32.7 Å². The topological polar surface area (TPSA) is 41.4 Å². The van der Waals surface area contributed by atoms with Gasteiger partial charge in [-0.1, -0.05) is 30.3 Å². The summed E-state index contributed by atoms with van der Waals surface area (Å²) in [7, 11) is 1.98. The minimum Gasteiger partial charge on any atom is -0.342 e. The fraction of sp³-hybridized carbons (Fsp3) is 0.600. The number of aryl methyl sites for hydroxylation is 2. The smallest absolute Gasteiger partial charge is 0.222 e. The first-order chi connectivity index (χ1) is 14.5. The Bertz CT molecular complexity index is 875. The second-order valence-corrected chi connectivity index (χ2v) is 9.45. The molecule has 2 aliphatic heterocycles. The van der Waals surface area contributed by atoms with Gasteiger partial charge in [-0.15, -0.1) is 0 Å². The maximum atomic E-state index is 13.0.